The number of amides is 1. The first-order chi connectivity index (χ1) is 10.3. The second-order valence-electron chi connectivity index (χ2n) is 4.16. The molecule has 1 aromatic carbocycles. The minimum atomic E-state index is -3.38. The van der Waals surface area contributed by atoms with Crippen LogP contribution in [0.4, 0.5) is 10.8 Å². The molecule has 0 saturated carbocycles. The molecule has 2 aromatic rings. The number of sulfone groups is 1. The van der Waals surface area contributed by atoms with E-state index in [1.807, 2.05) is 0 Å². The van der Waals surface area contributed by atoms with Crippen LogP contribution in [-0.2, 0) is 14.6 Å². The van der Waals surface area contributed by atoms with Gasteiger partial charge in [0, 0.05) is 6.26 Å². The van der Waals surface area contributed by atoms with Crippen molar-refractivity contribution in [2.45, 2.75) is 9.24 Å². The van der Waals surface area contributed by atoms with Crippen molar-refractivity contribution in [1.29, 1.82) is 0 Å². The topological polar surface area (TPSA) is 115 Å². The van der Waals surface area contributed by atoms with Crippen molar-refractivity contribution in [2.75, 3.05) is 23.1 Å². The monoisotopic (exact) mass is 378 g/mol. The summed E-state index contributed by atoms with van der Waals surface area (Å²) in [6.45, 7) is 0. The van der Waals surface area contributed by atoms with Gasteiger partial charge in [0.15, 0.2) is 14.2 Å². The first-order valence-electron chi connectivity index (χ1n) is 5.77. The number of aromatic nitrogens is 2. The number of nitrogens with two attached hydrogens (primary N) is 1. The molecule has 1 amide bonds. The van der Waals surface area contributed by atoms with Crippen LogP contribution in [0.25, 0.3) is 0 Å². The Morgan fingerprint density at radius 3 is 2.77 bits per heavy atom. The van der Waals surface area contributed by atoms with E-state index < -0.39 is 9.84 Å². The Bertz CT molecular complexity index is 807. The van der Waals surface area contributed by atoms with E-state index in [-0.39, 0.29) is 27.3 Å². The summed E-state index contributed by atoms with van der Waals surface area (Å²) in [5, 5.41) is 10.6. The third-order valence-corrected chi connectivity index (χ3v) is 5.71. The van der Waals surface area contributed by atoms with Gasteiger partial charge in [-0.25, -0.2) is 8.42 Å². The number of thioether (sulfide) groups is 1. The van der Waals surface area contributed by atoms with Crippen molar-refractivity contribution in [1.82, 2.24) is 10.2 Å². The number of anilines is 2. The smallest absolute Gasteiger partial charge is 0.234 e. The summed E-state index contributed by atoms with van der Waals surface area (Å²) >= 11 is 8.31. The Labute approximate surface area is 140 Å². The molecule has 0 radical (unpaired) electrons. The molecule has 0 saturated heterocycles. The number of rotatable bonds is 5. The lowest BCUT2D eigenvalue weighted by Crippen LogP contribution is -2.14. The van der Waals surface area contributed by atoms with Crippen molar-refractivity contribution in [3.63, 3.8) is 0 Å². The molecular formula is C11H11ClN4O3S3. The highest BCUT2D eigenvalue weighted by Gasteiger charge is 2.13. The zero-order valence-corrected chi connectivity index (χ0v) is 14.4. The van der Waals surface area contributed by atoms with Crippen LogP contribution in [0.3, 0.4) is 0 Å². The fourth-order valence-corrected chi connectivity index (χ4v) is 3.67. The lowest BCUT2D eigenvalue weighted by molar-refractivity contribution is -0.113. The number of carbonyl (C=O) groups excluding carboxylic acids is 1. The Balaban J connectivity index is 2.05. The van der Waals surface area contributed by atoms with Gasteiger partial charge in [-0.2, -0.15) is 0 Å². The average Bonchev–Trinajstić information content (AvgIpc) is 2.83. The Kier molecular flexibility index (Phi) is 5.27. The van der Waals surface area contributed by atoms with Crippen LogP contribution in [0.15, 0.2) is 27.4 Å². The molecule has 22 heavy (non-hydrogen) atoms. The molecule has 11 heteroatoms. The maximum atomic E-state index is 11.9. The highest BCUT2D eigenvalue weighted by atomic mass is 35.5. The van der Waals surface area contributed by atoms with Crippen LogP contribution in [0.2, 0.25) is 5.02 Å². The molecule has 0 fully saturated rings. The molecule has 1 aromatic heterocycles. The molecule has 0 spiro atoms. The van der Waals surface area contributed by atoms with E-state index in [9.17, 15) is 13.2 Å². The van der Waals surface area contributed by atoms with Gasteiger partial charge in [-0.1, -0.05) is 34.7 Å². The first kappa shape index (κ1) is 17.0. The van der Waals surface area contributed by atoms with Crippen LogP contribution < -0.4 is 11.1 Å². The summed E-state index contributed by atoms with van der Waals surface area (Å²) in [5.74, 6) is -0.264. The van der Waals surface area contributed by atoms with Crippen LogP contribution in [0.1, 0.15) is 0 Å². The van der Waals surface area contributed by atoms with Crippen molar-refractivity contribution in [3.05, 3.63) is 23.2 Å². The maximum absolute atomic E-state index is 11.9. The van der Waals surface area contributed by atoms with Crippen molar-refractivity contribution in [2.24, 2.45) is 0 Å². The number of halogens is 1. The van der Waals surface area contributed by atoms with Crippen LogP contribution in [0.5, 0.6) is 0 Å². The second-order valence-corrected chi connectivity index (χ2v) is 8.81. The predicted octanol–water partition coefficient (Wildman–Crippen LogP) is 1.91. The van der Waals surface area contributed by atoms with Crippen molar-refractivity contribution >= 4 is 61.3 Å². The van der Waals surface area contributed by atoms with E-state index in [1.165, 1.54) is 41.3 Å². The normalized spacial score (nSPS) is 11.4. The summed E-state index contributed by atoms with van der Waals surface area (Å²) in [6.07, 6.45) is 1.08. The SMILES string of the molecule is CS(=O)(=O)c1ccc(Cl)c(NC(=O)CSc2nnc(N)s2)c1. The summed E-state index contributed by atoms with van der Waals surface area (Å²) in [6, 6.07) is 4.13. The van der Waals surface area contributed by atoms with Gasteiger partial charge in [-0.3, -0.25) is 4.79 Å². The van der Waals surface area contributed by atoms with Crippen molar-refractivity contribution in [3.8, 4) is 0 Å². The third-order valence-electron chi connectivity index (χ3n) is 2.39. The van der Waals surface area contributed by atoms with E-state index in [4.69, 9.17) is 17.3 Å². The van der Waals surface area contributed by atoms with Gasteiger partial charge in [0.1, 0.15) is 0 Å². The summed E-state index contributed by atoms with van der Waals surface area (Å²) in [5.41, 5.74) is 5.69. The predicted molar refractivity (Wildman–Crippen MR) is 88.2 cm³/mol. The van der Waals surface area contributed by atoms with E-state index >= 15 is 0 Å². The molecule has 118 valence electrons. The maximum Gasteiger partial charge on any atom is 0.234 e. The molecule has 3 N–H and O–H groups in total. The van der Waals surface area contributed by atoms with Gasteiger partial charge < -0.3 is 11.1 Å². The van der Waals surface area contributed by atoms with E-state index in [2.05, 4.69) is 15.5 Å². The lowest BCUT2D eigenvalue weighted by atomic mass is 10.3. The van der Waals surface area contributed by atoms with Crippen LogP contribution >= 0.6 is 34.7 Å². The molecule has 0 aliphatic rings. The number of nitrogens with zero attached hydrogens (tertiary/aromatic N) is 2. The van der Waals surface area contributed by atoms with Crippen molar-refractivity contribution < 1.29 is 13.2 Å². The average molecular weight is 379 g/mol. The van der Waals surface area contributed by atoms with Gasteiger partial charge in [-0.05, 0) is 18.2 Å². The first-order valence-corrected chi connectivity index (χ1v) is 9.84. The Morgan fingerprint density at radius 2 is 2.18 bits per heavy atom. The minimum absolute atomic E-state index is 0.0774. The van der Waals surface area contributed by atoms with Crippen LogP contribution in [-0.4, -0.2) is 36.5 Å². The van der Waals surface area contributed by atoms with Gasteiger partial charge in [0.2, 0.25) is 11.0 Å². The van der Waals surface area contributed by atoms with Crippen LogP contribution in [0, 0.1) is 0 Å². The van der Waals surface area contributed by atoms with Gasteiger partial charge in [0.25, 0.3) is 0 Å². The zero-order valence-electron chi connectivity index (χ0n) is 11.2. The molecule has 7 nitrogen and oxygen atoms in total. The largest absolute Gasteiger partial charge is 0.374 e. The summed E-state index contributed by atoms with van der Waals surface area (Å²) < 4.78 is 23.6. The van der Waals surface area contributed by atoms with E-state index in [0.29, 0.717) is 9.47 Å². The number of carbonyl (C=O) groups is 1. The number of hydrogen-bond acceptors (Lipinski definition) is 8. The summed E-state index contributed by atoms with van der Waals surface area (Å²) in [7, 11) is -3.38. The zero-order chi connectivity index (χ0) is 16.3. The van der Waals surface area contributed by atoms with Gasteiger partial charge >= 0.3 is 0 Å². The molecular weight excluding hydrogens is 368 g/mol. The second kappa shape index (κ2) is 6.82. The fourth-order valence-electron chi connectivity index (χ4n) is 1.42. The standard InChI is InChI=1S/C11H11ClN4O3S3/c1-22(18,19)6-2-3-7(12)8(4-6)14-9(17)5-20-11-16-15-10(13)21-11/h2-4H,5H2,1H3,(H2,13,15)(H,14,17). The molecule has 2 rings (SSSR count). The number of nitrogens with one attached hydrogen (secondary N) is 1. The molecule has 0 atom stereocenters. The molecule has 0 unspecified atom stereocenters. The number of benzene rings is 1. The molecule has 1 heterocycles. The highest BCUT2D eigenvalue weighted by molar-refractivity contribution is 8.01. The quantitative estimate of drug-likeness (QED) is 0.763. The molecule has 0 bridgehead atoms. The summed E-state index contributed by atoms with van der Waals surface area (Å²) in [4.78, 5) is 12.0. The number of hydrogen-bond donors (Lipinski definition) is 2. The Morgan fingerprint density at radius 1 is 1.45 bits per heavy atom. The Hall–Kier alpha value is -1.36. The third kappa shape index (κ3) is 4.57. The van der Waals surface area contributed by atoms with E-state index in [1.54, 1.807) is 0 Å². The molecule has 0 aliphatic carbocycles. The minimum Gasteiger partial charge on any atom is -0.374 e. The lowest BCUT2D eigenvalue weighted by Gasteiger charge is -2.08. The van der Waals surface area contributed by atoms with E-state index in [0.717, 1.165) is 6.26 Å². The van der Waals surface area contributed by atoms with Gasteiger partial charge in [0.05, 0.1) is 21.4 Å². The highest BCUT2D eigenvalue weighted by Crippen LogP contribution is 2.27. The fraction of sp³-hybridized carbons (Fsp3) is 0.182. The van der Waals surface area contributed by atoms with Gasteiger partial charge in [-0.15, -0.1) is 10.2 Å². The molecule has 0 aliphatic heterocycles. The number of nitrogen functional groups attached to an aromatic ring is 1.